The number of rotatable bonds is 3. The Hall–Kier alpha value is -0.540. The van der Waals surface area contributed by atoms with Crippen LogP contribution in [-0.2, 0) is 0 Å². The van der Waals surface area contributed by atoms with Gasteiger partial charge in [-0.25, -0.2) is 4.98 Å². The van der Waals surface area contributed by atoms with E-state index in [9.17, 15) is 0 Å². The molecule has 1 aromatic rings. The van der Waals surface area contributed by atoms with Gasteiger partial charge in [0, 0.05) is 17.5 Å². The first-order chi connectivity index (χ1) is 7.75. The average Bonchev–Trinajstić information content (AvgIpc) is 2.31. The molecule has 1 saturated carbocycles. The standard InChI is InChI=1S/C13H20N2S/c1-10(14)11-7-8-13(15-9-11)16-12-5-3-2-4-6-12/h7-10,12H,2-6,14H2,1H3/t10-/m1/s1. The van der Waals surface area contributed by atoms with Crippen LogP contribution in [0.4, 0.5) is 0 Å². The van der Waals surface area contributed by atoms with Crippen LogP contribution in [0, 0.1) is 0 Å². The van der Waals surface area contributed by atoms with Gasteiger partial charge in [-0.15, -0.1) is 11.8 Å². The topological polar surface area (TPSA) is 38.9 Å². The number of thioether (sulfide) groups is 1. The Morgan fingerprint density at radius 2 is 2.06 bits per heavy atom. The van der Waals surface area contributed by atoms with Gasteiger partial charge < -0.3 is 5.73 Å². The van der Waals surface area contributed by atoms with Gasteiger partial charge in [0.05, 0.1) is 5.03 Å². The van der Waals surface area contributed by atoms with Gasteiger partial charge in [-0.3, -0.25) is 0 Å². The first-order valence-corrected chi connectivity index (χ1v) is 7.02. The van der Waals surface area contributed by atoms with E-state index in [1.54, 1.807) is 0 Å². The molecule has 1 aromatic heterocycles. The molecule has 1 fully saturated rings. The monoisotopic (exact) mass is 236 g/mol. The highest BCUT2D eigenvalue weighted by Crippen LogP contribution is 2.32. The van der Waals surface area contributed by atoms with Crippen molar-refractivity contribution in [1.29, 1.82) is 0 Å². The fraction of sp³-hybridized carbons (Fsp3) is 0.615. The van der Waals surface area contributed by atoms with Gasteiger partial charge in [-0.2, -0.15) is 0 Å². The quantitative estimate of drug-likeness (QED) is 0.872. The Morgan fingerprint density at radius 1 is 1.31 bits per heavy atom. The van der Waals surface area contributed by atoms with Crippen molar-refractivity contribution in [2.75, 3.05) is 0 Å². The van der Waals surface area contributed by atoms with Crippen molar-refractivity contribution in [1.82, 2.24) is 4.98 Å². The molecule has 1 aliphatic rings. The third-order valence-corrected chi connectivity index (χ3v) is 4.41. The molecule has 1 atom stereocenters. The maximum atomic E-state index is 5.80. The summed E-state index contributed by atoms with van der Waals surface area (Å²) in [6, 6.07) is 4.29. The second kappa shape index (κ2) is 5.69. The lowest BCUT2D eigenvalue weighted by Gasteiger charge is -2.20. The van der Waals surface area contributed by atoms with Crippen LogP contribution in [0.1, 0.15) is 50.6 Å². The summed E-state index contributed by atoms with van der Waals surface area (Å²) in [5.41, 5.74) is 6.92. The molecule has 1 aliphatic carbocycles. The van der Waals surface area contributed by atoms with Gasteiger partial charge in [0.15, 0.2) is 0 Å². The number of aromatic nitrogens is 1. The lowest BCUT2D eigenvalue weighted by atomic mass is 10.0. The molecule has 0 amide bonds. The summed E-state index contributed by atoms with van der Waals surface area (Å²) in [5.74, 6) is 0. The van der Waals surface area contributed by atoms with Gasteiger partial charge >= 0.3 is 0 Å². The van der Waals surface area contributed by atoms with Crippen molar-refractivity contribution in [3.8, 4) is 0 Å². The Bertz CT molecular complexity index is 315. The van der Waals surface area contributed by atoms with Gasteiger partial charge in [0.25, 0.3) is 0 Å². The molecule has 3 heteroatoms. The van der Waals surface area contributed by atoms with E-state index in [2.05, 4.69) is 17.1 Å². The molecule has 88 valence electrons. The Morgan fingerprint density at radius 3 is 2.62 bits per heavy atom. The third-order valence-electron chi connectivity index (χ3n) is 3.12. The largest absolute Gasteiger partial charge is 0.324 e. The van der Waals surface area contributed by atoms with E-state index in [1.165, 1.54) is 32.1 Å². The molecule has 0 aliphatic heterocycles. The van der Waals surface area contributed by atoms with Crippen LogP contribution in [0.2, 0.25) is 0 Å². The zero-order chi connectivity index (χ0) is 11.4. The van der Waals surface area contributed by atoms with Crippen molar-refractivity contribution >= 4 is 11.8 Å². The van der Waals surface area contributed by atoms with E-state index in [-0.39, 0.29) is 6.04 Å². The second-order valence-electron chi connectivity index (χ2n) is 4.60. The summed E-state index contributed by atoms with van der Waals surface area (Å²) in [4.78, 5) is 4.48. The van der Waals surface area contributed by atoms with Gasteiger partial charge in [-0.05, 0) is 31.4 Å². The summed E-state index contributed by atoms with van der Waals surface area (Å²) < 4.78 is 0. The summed E-state index contributed by atoms with van der Waals surface area (Å²) >= 11 is 1.93. The van der Waals surface area contributed by atoms with E-state index in [4.69, 9.17) is 5.73 Å². The molecule has 0 unspecified atom stereocenters. The van der Waals surface area contributed by atoms with E-state index in [0.29, 0.717) is 0 Å². The molecule has 16 heavy (non-hydrogen) atoms. The molecule has 1 heterocycles. The minimum atomic E-state index is 0.0845. The maximum Gasteiger partial charge on any atom is 0.0962 e. The Balaban J connectivity index is 1.93. The van der Waals surface area contributed by atoms with Crippen LogP contribution >= 0.6 is 11.8 Å². The number of pyridine rings is 1. The summed E-state index contributed by atoms with van der Waals surface area (Å²) in [7, 11) is 0. The molecule has 0 saturated heterocycles. The SMILES string of the molecule is C[C@@H](N)c1ccc(SC2CCCCC2)nc1. The fourth-order valence-electron chi connectivity index (χ4n) is 2.08. The molecule has 0 aromatic carbocycles. The fourth-order valence-corrected chi connectivity index (χ4v) is 3.26. The highest BCUT2D eigenvalue weighted by Gasteiger charge is 2.15. The highest BCUT2D eigenvalue weighted by atomic mass is 32.2. The molecule has 0 radical (unpaired) electrons. The van der Waals surface area contributed by atoms with E-state index in [1.807, 2.05) is 24.9 Å². The number of nitrogens with zero attached hydrogens (tertiary/aromatic N) is 1. The second-order valence-corrected chi connectivity index (χ2v) is 5.92. The van der Waals surface area contributed by atoms with Crippen LogP contribution in [0.25, 0.3) is 0 Å². The highest BCUT2D eigenvalue weighted by molar-refractivity contribution is 7.99. The van der Waals surface area contributed by atoms with Crippen molar-refractivity contribution in [3.05, 3.63) is 23.9 Å². The first-order valence-electron chi connectivity index (χ1n) is 6.14. The Kier molecular flexibility index (Phi) is 4.24. The predicted octanol–water partition coefficient (Wildman–Crippen LogP) is 3.53. The van der Waals surface area contributed by atoms with Crippen LogP contribution in [0.3, 0.4) is 0 Å². The predicted molar refractivity (Wildman–Crippen MR) is 69.6 cm³/mol. The van der Waals surface area contributed by atoms with Crippen LogP contribution in [-0.4, -0.2) is 10.2 Å². The van der Waals surface area contributed by atoms with E-state index in [0.717, 1.165) is 15.8 Å². The lowest BCUT2D eigenvalue weighted by Crippen LogP contribution is -2.08. The van der Waals surface area contributed by atoms with Crippen molar-refractivity contribution < 1.29 is 0 Å². The lowest BCUT2D eigenvalue weighted by molar-refractivity contribution is 0.515. The van der Waals surface area contributed by atoms with Gasteiger partial charge in [0.2, 0.25) is 0 Å². The molecule has 2 N–H and O–H groups in total. The van der Waals surface area contributed by atoms with Crippen molar-refractivity contribution in [3.63, 3.8) is 0 Å². The number of hydrogen-bond donors (Lipinski definition) is 1. The Labute approximate surface area is 102 Å². The molecule has 0 bridgehead atoms. The molecule has 2 nitrogen and oxygen atoms in total. The molecular formula is C13H20N2S. The summed E-state index contributed by atoms with van der Waals surface area (Å²) in [6.45, 7) is 1.99. The van der Waals surface area contributed by atoms with Gasteiger partial charge in [0.1, 0.15) is 0 Å². The van der Waals surface area contributed by atoms with Crippen LogP contribution in [0.5, 0.6) is 0 Å². The summed E-state index contributed by atoms with van der Waals surface area (Å²) in [6.07, 6.45) is 8.79. The molecule has 0 spiro atoms. The van der Waals surface area contributed by atoms with Crippen LogP contribution in [0.15, 0.2) is 23.4 Å². The minimum absolute atomic E-state index is 0.0845. The first kappa shape index (κ1) is 11.9. The van der Waals surface area contributed by atoms with E-state index < -0.39 is 0 Å². The third kappa shape index (κ3) is 3.22. The maximum absolute atomic E-state index is 5.80. The molecule has 2 rings (SSSR count). The van der Waals surface area contributed by atoms with Crippen LogP contribution < -0.4 is 5.73 Å². The van der Waals surface area contributed by atoms with Gasteiger partial charge in [-0.1, -0.05) is 25.3 Å². The van der Waals surface area contributed by atoms with Crippen molar-refractivity contribution in [2.24, 2.45) is 5.73 Å². The number of hydrogen-bond acceptors (Lipinski definition) is 3. The van der Waals surface area contributed by atoms with Crippen molar-refractivity contribution in [2.45, 2.75) is 55.3 Å². The normalized spacial score (nSPS) is 19.6. The minimum Gasteiger partial charge on any atom is -0.324 e. The zero-order valence-corrected chi connectivity index (χ0v) is 10.7. The smallest absolute Gasteiger partial charge is 0.0962 e. The molecular weight excluding hydrogens is 216 g/mol. The number of nitrogens with two attached hydrogens (primary N) is 1. The average molecular weight is 236 g/mol. The summed E-state index contributed by atoms with van der Waals surface area (Å²) in [5, 5.41) is 1.93. The zero-order valence-electron chi connectivity index (χ0n) is 9.86. The van der Waals surface area contributed by atoms with E-state index >= 15 is 0 Å².